The summed E-state index contributed by atoms with van der Waals surface area (Å²) in [6.45, 7) is 4.00. The van der Waals surface area contributed by atoms with Crippen LogP contribution in [0.3, 0.4) is 0 Å². The third-order valence-corrected chi connectivity index (χ3v) is 4.17. The van der Waals surface area contributed by atoms with Crippen molar-refractivity contribution in [1.82, 2.24) is 4.90 Å². The van der Waals surface area contributed by atoms with E-state index in [9.17, 15) is 5.11 Å². The van der Waals surface area contributed by atoms with E-state index in [0.717, 1.165) is 25.2 Å². The number of aliphatic hydroxyl groups excluding tert-OH is 1. The summed E-state index contributed by atoms with van der Waals surface area (Å²) in [6.07, 6.45) is 7.55. The summed E-state index contributed by atoms with van der Waals surface area (Å²) < 4.78 is 0. The molecule has 1 aromatic carbocycles. The SMILES string of the molecule is CCCC(CN)CCN1C=CN(c2ccccc2)C1CO. The Hall–Kier alpha value is -1.52. The molecule has 2 unspecified atom stereocenters. The van der Waals surface area contributed by atoms with Crippen LogP contribution in [-0.4, -0.2) is 35.9 Å². The van der Waals surface area contributed by atoms with E-state index >= 15 is 0 Å². The van der Waals surface area contributed by atoms with Crippen LogP contribution in [0.4, 0.5) is 5.69 Å². The van der Waals surface area contributed by atoms with E-state index in [1.54, 1.807) is 0 Å². The highest BCUT2D eigenvalue weighted by molar-refractivity contribution is 5.51. The number of nitrogens with two attached hydrogens (primary N) is 1. The summed E-state index contributed by atoms with van der Waals surface area (Å²) in [6, 6.07) is 10.2. The molecule has 3 N–H and O–H groups in total. The van der Waals surface area contributed by atoms with E-state index in [1.807, 2.05) is 24.4 Å². The third kappa shape index (κ3) is 3.99. The van der Waals surface area contributed by atoms with Crippen molar-refractivity contribution in [2.24, 2.45) is 11.7 Å². The molecule has 0 bridgehead atoms. The van der Waals surface area contributed by atoms with E-state index in [1.165, 1.54) is 12.8 Å². The van der Waals surface area contributed by atoms with Gasteiger partial charge < -0.3 is 20.6 Å². The lowest BCUT2D eigenvalue weighted by molar-refractivity contribution is 0.171. The van der Waals surface area contributed by atoms with Gasteiger partial charge in [-0.1, -0.05) is 31.5 Å². The van der Waals surface area contributed by atoms with E-state index < -0.39 is 0 Å². The number of anilines is 1. The Morgan fingerprint density at radius 1 is 1.19 bits per heavy atom. The smallest absolute Gasteiger partial charge is 0.129 e. The van der Waals surface area contributed by atoms with Gasteiger partial charge in [0.1, 0.15) is 6.17 Å². The van der Waals surface area contributed by atoms with Gasteiger partial charge in [-0.2, -0.15) is 0 Å². The van der Waals surface area contributed by atoms with Crippen LogP contribution in [0.2, 0.25) is 0 Å². The molecular weight excluding hydrogens is 262 g/mol. The Morgan fingerprint density at radius 3 is 2.57 bits per heavy atom. The number of nitrogens with zero attached hydrogens (tertiary/aromatic N) is 2. The summed E-state index contributed by atoms with van der Waals surface area (Å²) in [7, 11) is 0. The van der Waals surface area contributed by atoms with Crippen LogP contribution in [-0.2, 0) is 0 Å². The fraction of sp³-hybridized carbons (Fsp3) is 0.529. The monoisotopic (exact) mass is 289 g/mol. The highest BCUT2D eigenvalue weighted by Crippen LogP contribution is 2.25. The summed E-state index contributed by atoms with van der Waals surface area (Å²) in [5.74, 6) is 0.577. The highest BCUT2D eigenvalue weighted by Gasteiger charge is 2.26. The number of hydrogen-bond acceptors (Lipinski definition) is 4. The maximum absolute atomic E-state index is 9.75. The molecule has 2 atom stereocenters. The van der Waals surface area contributed by atoms with Gasteiger partial charge in [0.2, 0.25) is 0 Å². The molecule has 0 spiro atoms. The molecule has 1 aromatic rings. The first-order valence-corrected chi connectivity index (χ1v) is 7.88. The van der Waals surface area contributed by atoms with Crippen LogP contribution in [0, 0.1) is 5.92 Å². The number of para-hydroxylation sites is 1. The van der Waals surface area contributed by atoms with E-state index in [4.69, 9.17) is 5.73 Å². The second-order valence-corrected chi connectivity index (χ2v) is 5.62. The Kier molecular flexibility index (Phi) is 6.08. The molecule has 0 saturated carbocycles. The van der Waals surface area contributed by atoms with Crippen molar-refractivity contribution in [3.05, 3.63) is 42.7 Å². The standard InChI is InChI=1S/C17H27N3O/c1-2-6-15(13-18)9-10-19-11-12-20(17(19)14-21)16-7-4-3-5-8-16/h3-5,7-8,11-12,15,17,21H,2,6,9-10,13-14,18H2,1H3. The predicted octanol–water partition coefficient (Wildman–Crippen LogP) is 2.36. The Balaban J connectivity index is 1.95. The zero-order valence-electron chi connectivity index (χ0n) is 12.9. The second kappa shape index (κ2) is 8.05. The van der Waals surface area contributed by atoms with Crippen molar-refractivity contribution in [2.45, 2.75) is 32.4 Å². The largest absolute Gasteiger partial charge is 0.392 e. The Labute approximate surface area is 127 Å². The van der Waals surface area contributed by atoms with Gasteiger partial charge in [-0.15, -0.1) is 0 Å². The minimum absolute atomic E-state index is 0.00699. The fourth-order valence-corrected chi connectivity index (χ4v) is 2.91. The van der Waals surface area contributed by atoms with Crippen LogP contribution >= 0.6 is 0 Å². The zero-order valence-corrected chi connectivity index (χ0v) is 12.9. The van der Waals surface area contributed by atoms with Crippen molar-refractivity contribution in [3.63, 3.8) is 0 Å². The molecule has 0 radical (unpaired) electrons. The lowest BCUT2D eigenvalue weighted by Crippen LogP contribution is -2.42. The number of rotatable bonds is 8. The number of aliphatic hydroxyl groups is 1. The summed E-state index contributed by atoms with van der Waals surface area (Å²) >= 11 is 0. The lowest BCUT2D eigenvalue weighted by atomic mass is 10.00. The van der Waals surface area contributed by atoms with Crippen LogP contribution in [0.15, 0.2) is 42.7 Å². The first-order valence-electron chi connectivity index (χ1n) is 7.88. The molecule has 1 heterocycles. The van der Waals surface area contributed by atoms with Crippen molar-refractivity contribution >= 4 is 5.69 Å². The van der Waals surface area contributed by atoms with Crippen LogP contribution in [0.25, 0.3) is 0 Å². The number of hydrogen-bond donors (Lipinski definition) is 2. The van der Waals surface area contributed by atoms with Gasteiger partial charge >= 0.3 is 0 Å². The fourth-order valence-electron chi connectivity index (χ4n) is 2.91. The minimum Gasteiger partial charge on any atom is -0.392 e. The summed E-state index contributed by atoms with van der Waals surface area (Å²) in [5, 5.41) is 9.75. The Bertz CT molecular complexity index is 435. The summed E-state index contributed by atoms with van der Waals surface area (Å²) in [4.78, 5) is 4.34. The maximum atomic E-state index is 9.75. The average molecular weight is 289 g/mol. The van der Waals surface area contributed by atoms with Crippen molar-refractivity contribution in [2.75, 3.05) is 24.6 Å². The van der Waals surface area contributed by atoms with Crippen molar-refractivity contribution in [1.29, 1.82) is 0 Å². The first kappa shape index (κ1) is 15.9. The van der Waals surface area contributed by atoms with E-state index in [-0.39, 0.29) is 12.8 Å². The van der Waals surface area contributed by atoms with E-state index in [0.29, 0.717) is 5.92 Å². The number of benzene rings is 1. The third-order valence-electron chi connectivity index (χ3n) is 4.17. The molecule has 4 nitrogen and oxygen atoms in total. The van der Waals surface area contributed by atoms with Crippen molar-refractivity contribution in [3.8, 4) is 0 Å². The molecule has 0 amide bonds. The molecule has 0 aliphatic carbocycles. The maximum Gasteiger partial charge on any atom is 0.129 e. The average Bonchev–Trinajstić information content (AvgIpc) is 2.95. The Morgan fingerprint density at radius 2 is 1.95 bits per heavy atom. The van der Waals surface area contributed by atoms with Gasteiger partial charge in [0.25, 0.3) is 0 Å². The van der Waals surface area contributed by atoms with Gasteiger partial charge in [0.05, 0.1) is 6.61 Å². The van der Waals surface area contributed by atoms with Gasteiger partial charge in [-0.3, -0.25) is 0 Å². The molecule has 0 saturated heterocycles. The van der Waals surface area contributed by atoms with E-state index in [2.05, 4.69) is 35.1 Å². The normalized spacial score (nSPS) is 19.3. The molecule has 0 fully saturated rings. The van der Waals surface area contributed by atoms with Crippen LogP contribution in [0.1, 0.15) is 26.2 Å². The first-order chi connectivity index (χ1) is 10.3. The van der Waals surface area contributed by atoms with Gasteiger partial charge in [0, 0.05) is 24.6 Å². The highest BCUT2D eigenvalue weighted by atomic mass is 16.3. The molecule has 2 rings (SSSR count). The molecule has 0 aromatic heterocycles. The van der Waals surface area contributed by atoms with Crippen LogP contribution < -0.4 is 10.6 Å². The summed E-state index contributed by atoms with van der Waals surface area (Å²) in [5.41, 5.74) is 6.94. The molecule has 116 valence electrons. The van der Waals surface area contributed by atoms with Crippen LogP contribution in [0.5, 0.6) is 0 Å². The molecule has 1 aliphatic rings. The topological polar surface area (TPSA) is 52.7 Å². The zero-order chi connectivity index (χ0) is 15.1. The second-order valence-electron chi connectivity index (χ2n) is 5.62. The molecule has 4 heteroatoms. The van der Waals surface area contributed by atoms with Gasteiger partial charge in [-0.05, 0) is 37.4 Å². The minimum atomic E-state index is -0.00699. The van der Waals surface area contributed by atoms with Gasteiger partial charge in [-0.25, -0.2) is 0 Å². The molecular formula is C17H27N3O. The molecule has 21 heavy (non-hydrogen) atoms. The lowest BCUT2D eigenvalue weighted by Gasteiger charge is -2.32. The van der Waals surface area contributed by atoms with Gasteiger partial charge in [0.15, 0.2) is 0 Å². The quantitative estimate of drug-likeness (QED) is 0.771. The molecule has 1 aliphatic heterocycles. The predicted molar refractivity (Wildman–Crippen MR) is 87.7 cm³/mol. The van der Waals surface area contributed by atoms with Crippen molar-refractivity contribution < 1.29 is 5.11 Å².